The Kier molecular flexibility index (Phi) is 11.1. The van der Waals surface area contributed by atoms with Crippen molar-refractivity contribution in [2.45, 2.75) is 63.5 Å². The molecule has 0 aliphatic carbocycles. The van der Waals surface area contributed by atoms with Crippen LogP contribution in [0.25, 0.3) is 0 Å². The minimum absolute atomic E-state index is 0.142. The molecule has 178 valence electrons. The van der Waals surface area contributed by atoms with Gasteiger partial charge in [-0.1, -0.05) is 0 Å². The van der Waals surface area contributed by atoms with Gasteiger partial charge < -0.3 is 33.9 Å². The van der Waals surface area contributed by atoms with E-state index in [1.807, 2.05) is 13.8 Å². The molecular formula is C18H35O11P. The Balaban J connectivity index is 1.84. The molecule has 0 aromatic heterocycles. The second kappa shape index (κ2) is 12.8. The summed E-state index contributed by atoms with van der Waals surface area (Å²) in [6, 6.07) is 0. The molecule has 0 radical (unpaired) electrons. The van der Waals surface area contributed by atoms with Crippen molar-refractivity contribution in [3.63, 3.8) is 0 Å². The first kappa shape index (κ1) is 26.1. The summed E-state index contributed by atoms with van der Waals surface area (Å²) in [5.41, 5.74) is 0. The van der Waals surface area contributed by atoms with Gasteiger partial charge >= 0.3 is 7.82 Å². The van der Waals surface area contributed by atoms with E-state index in [9.17, 15) is 9.67 Å². The summed E-state index contributed by atoms with van der Waals surface area (Å²) in [5.74, 6) is -0.634. The van der Waals surface area contributed by atoms with E-state index < -0.39 is 45.3 Å². The van der Waals surface area contributed by atoms with E-state index in [0.717, 1.165) is 19.3 Å². The van der Waals surface area contributed by atoms with Crippen molar-refractivity contribution < 1.29 is 52.0 Å². The summed E-state index contributed by atoms with van der Waals surface area (Å²) in [5, 5.41) is 18.2. The smallest absolute Gasteiger partial charge is 0.394 e. The van der Waals surface area contributed by atoms with Gasteiger partial charge in [-0.3, -0.25) is 13.6 Å². The zero-order valence-electron chi connectivity index (χ0n) is 17.9. The van der Waals surface area contributed by atoms with Crippen molar-refractivity contribution in [3.05, 3.63) is 0 Å². The minimum atomic E-state index is -3.94. The van der Waals surface area contributed by atoms with Gasteiger partial charge in [0.15, 0.2) is 12.1 Å². The lowest BCUT2D eigenvalue weighted by Gasteiger charge is -2.28. The molecule has 0 bridgehead atoms. The lowest BCUT2D eigenvalue weighted by atomic mass is 10.2. The highest BCUT2D eigenvalue weighted by atomic mass is 31.2. The predicted octanol–water partition coefficient (Wildman–Crippen LogP) is 1.21. The van der Waals surface area contributed by atoms with Crippen molar-refractivity contribution in [2.24, 2.45) is 0 Å². The number of aliphatic hydroxyl groups is 2. The molecule has 2 saturated heterocycles. The van der Waals surface area contributed by atoms with E-state index in [1.165, 1.54) is 7.11 Å². The highest BCUT2D eigenvalue weighted by molar-refractivity contribution is 7.48. The quantitative estimate of drug-likeness (QED) is 0.364. The first-order chi connectivity index (χ1) is 14.3. The average molecular weight is 458 g/mol. The second-order valence-corrected chi connectivity index (χ2v) is 9.38. The lowest BCUT2D eigenvalue weighted by Crippen LogP contribution is -2.35. The molecule has 11 nitrogen and oxygen atoms in total. The largest absolute Gasteiger partial charge is 0.474 e. The Morgan fingerprint density at radius 2 is 1.97 bits per heavy atom. The van der Waals surface area contributed by atoms with Gasteiger partial charge in [0.2, 0.25) is 0 Å². The number of phosphoric ester groups is 1. The van der Waals surface area contributed by atoms with E-state index in [0.29, 0.717) is 19.8 Å². The topological polar surface area (TPSA) is 131 Å². The van der Waals surface area contributed by atoms with E-state index in [2.05, 4.69) is 0 Å². The van der Waals surface area contributed by atoms with Gasteiger partial charge in [0.05, 0.1) is 39.6 Å². The normalized spacial score (nSPS) is 28.2. The van der Waals surface area contributed by atoms with Crippen LogP contribution < -0.4 is 0 Å². The fourth-order valence-corrected chi connectivity index (χ4v) is 3.87. The van der Waals surface area contributed by atoms with Crippen LogP contribution in [0.1, 0.15) is 33.1 Å². The highest BCUT2D eigenvalue weighted by Crippen LogP contribution is 2.48. The van der Waals surface area contributed by atoms with Gasteiger partial charge in [-0.15, -0.1) is 0 Å². The van der Waals surface area contributed by atoms with Crippen LogP contribution >= 0.6 is 7.82 Å². The molecule has 2 aliphatic rings. The van der Waals surface area contributed by atoms with Crippen LogP contribution in [0.4, 0.5) is 0 Å². The fraction of sp³-hybridized carbons (Fsp3) is 1.00. The van der Waals surface area contributed by atoms with Crippen molar-refractivity contribution >= 4 is 7.82 Å². The summed E-state index contributed by atoms with van der Waals surface area (Å²) >= 11 is 0. The van der Waals surface area contributed by atoms with E-state index >= 15 is 0 Å². The summed E-state index contributed by atoms with van der Waals surface area (Å²) in [6.07, 6.45) is 0.317. The number of hydrogen-bond donors (Lipinski definition) is 2. The molecule has 2 heterocycles. The lowest BCUT2D eigenvalue weighted by molar-refractivity contribution is -0.206. The maximum absolute atomic E-state index is 12.5. The van der Waals surface area contributed by atoms with Crippen LogP contribution in [0.2, 0.25) is 0 Å². The predicted molar refractivity (Wildman–Crippen MR) is 104 cm³/mol. The molecule has 0 spiro atoms. The molecule has 2 rings (SSSR count). The molecule has 0 saturated carbocycles. The van der Waals surface area contributed by atoms with Crippen molar-refractivity contribution in [1.82, 2.24) is 0 Å². The van der Waals surface area contributed by atoms with Gasteiger partial charge in [-0.05, 0) is 33.1 Å². The molecule has 0 aromatic carbocycles. The minimum Gasteiger partial charge on any atom is -0.394 e. The Morgan fingerprint density at radius 1 is 1.20 bits per heavy atom. The zero-order chi connectivity index (χ0) is 22.0. The summed E-state index contributed by atoms with van der Waals surface area (Å²) in [7, 11) is -2.77. The van der Waals surface area contributed by atoms with Crippen molar-refractivity contribution in [2.75, 3.05) is 53.4 Å². The van der Waals surface area contributed by atoms with Crippen LogP contribution in [0, 0.1) is 0 Å². The van der Waals surface area contributed by atoms with Crippen LogP contribution in [0.3, 0.4) is 0 Å². The third-order valence-corrected chi connectivity index (χ3v) is 5.81. The molecule has 5 unspecified atom stereocenters. The molecule has 0 amide bonds. The molecule has 2 fully saturated rings. The van der Waals surface area contributed by atoms with Gasteiger partial charge in [-0.2, -0.15) is 0 Å². The zero-order valence-corrected chi connectivity index (χ0v) is 18.8. The molecule has 30 heavy (non-hydrogen) atoms. The van der Waals surface area contributed by atoms with Gasteiger partial charge in [0, 0.05) is 13.7 Å². The molecular weight excluding hydrogens is 423 g/mol. The summed E-state index contributed by atoms with van der Waals surface area (Å²) in [4.78, 5) is 0. The Labute approximate surface area is 177 Å². The number of hydrogen-bond acceptors (Lipinski definition) is 11. The third-order valence-electron chi connectivity index (χ3n) is 4.43. The molecule has 5 atom stereocenters. The maximum Gasteiger partial charge on any atom is 0.474 e. The van der Waals surface area contributed by atoms with Crippen molar-refractivity contribution in [3.8, 4) is 0 Å². The summed E-state index contributed by atoms with van der Waals surface area (Å²) in [6.45, 7) is 4.08. The van der Waals surface area contributed by atoms with E-state index in [1.54, 1.807) is 0 Å². The number of ether oxygens (including phenoxy) is 5. The Hall–Kier alpha value is -0.170. The highest BCUT2D eigenvalue weighted by Gasteiger charge is 2.33. The standard InChI is InChI=1S/C18H35O11P/c1-18(2)25-12-16(29-18)11-23-10-15(28-17-6-4-5-7-24-17)13-27-30(21,22-3)26-9-14(20)8-19/h14-17,19-20H,4-13H2,1-3H3. The first-order valence-corrected chi connectivity index (χ1v) is 11.6. The Morgan fingerprint density at radius 3 is 2.57 bits per heavy atom. The van der Waals surface area contributed by atoms with Gasteiger partial charge in [-0.25, -0.2) is 4.57 Å². The SMILES string of the molecule is COP(=O)(OCC(O)CO)OCC(COCC1COC(C)(C)O1)OC1CCCCO1. The first-order valence-electron chi connectivity index (χ1n) is 10.2. The monoisotopic (exact) mass is 458 g/mol. The van der Waals surface area contributed by atoms with Gasteiger partial charge in [0.1, 0.15) is 18.3 Å². The van der Waals surface area contributed by atoms with E-state index in [-0.39, 0.29) is 19.3 Å². The molecule has 2 N–H and O–H groups in total. The third kappa shape index (κ3) is 9.54. The molecule has 2 aliphatic heterocycles. The Bertz CT molecular complexity index is 526. The van der Waals surface area contributed by atoms with Crippen LogP contribution in [0.5, 0.6) is 0 Å². The number of rotatable bonds is 14. The van der Waals surface area contributed by atoms with Crippen LogP contribution in [0.15, 0.2) is 0 Å². The van der Waals surface area contributed by atoms with Gasteiger partial charge in [0.25, 0.3) is 0 Å². The average Bonchev–Trinajstić information content (AvgIpc) is 3.09. The maximum atomic E-state index is 12.5. The molecule has 0 aromatic rings. The number of aliphatic hydroxyl groups excluding tert-OH is 2. The number of phosphoric acid groups is 1. The van der Waals surface area contributed by atoms with E-state index in [4.69, 9.17) is 42.4 Å². The molecule has 12 heteroatoms. The van der Waals surface area contributed by atoms with Crippen LogP contribution in [-0.4, -0.2) is 94.0 Å². The van der Waals surface area contributed by atoms with Crippen LogP contribution in [-0.2, 0) is 41.8 Å². The second-order valence-electron chi connectivity index (χ2n) is 7.60. The summed E-state index contributed by atoms with van der Waals surface area (Å²) < 4.78 is 56.2. The fourth-order valence-electron chi connectivity index (χ4n) is 2.88. The van der Waals surface area contributed by atoms with Crippen molar-refractivity contribution in [1.29, 1.82) is 0 Å².